The number of rotatable bonds is 5. The Balaban J connectivity index is 0.00000289. The third kappa shape index (κ3) is 5.86. The number of hydrogen-bond acceptors (Lipinski definition) is 1. The third-order valence-corrected chi connectivity index (χ3v) is 2.60. The van der Waals surface area contributed by atoms with E-state index in [1.165, 1.54) is 6.07 Å². The Bertz CT molecular complexity index is 379. The lowest BCUT2D eigenvalue weighted by Crippen LogP contribution is -2.33. The zero-order chi connectivity index (χ0) is 12.7. The third-order valence-electron chi connectivity index (χ3n) is 2.25. The molecule has 102 valence electrons. The van der Waals surface area contributed by atoms with Gasteiger partial charge in [0.15, 0.2) is 5.96 Å². The van der Waals surface area contributed by atoms with Gasteiger partial charge in [0, 0.05) is 23.7 Å². The van der Waals surface area contributed by atoms with Crippen LogP contribution in [0, 0.1) is 5.82 Å². The normalized spacial score (nSPS) is 10.9. The number of benzene rings is 1. The van der Waals surface area contributed by atoms with Crippen molar-refractivity contribution in [1.29, 1.82) is 0 Å². The van der Waals surface area contributed by atoms with Gasteiger partial charge in [0.05, 0.1) is 0 Å². The second kappa shape index (κ2) is 9.38. The monoisotopic (exact) mass is 385 g/mol. The van der Waals surface area contributed by atoms with Crippen LogP contribution in [0.15, 0.2) is 23.2 Å². The van der Waals surface area contributed by atoms with Crippen LogP contribution in [0.2, 0.25) is 5.02 Å². The van der Waals surface area contributed by atoms with Crippen LogP contribution in [-0.4, -0.2) is 19.0 Å². The van der Waals surface area contributed by atoms with Crippen molar-refractivity contribution in [2.24, 2.45) is 10.7 Å². The van der Waals surface area contributed by atoms with Gasteiger partial charge in [-0.15, -0.1) is 24.0 Å². The molecule has 0 unspecified atom stereocenters. The van der Waals surface area contributed by atoms with Gasteiger partial charge in [-0.2, -0.15) is 0 Å². The summed E-state index contributed by atoms with van der Waals surface area (Å²) in [5.74, 6) is 0.0997. The lowest BCUT2D eigenvalue weighted by molar-refractivity contribution is 0.607. The number of nitrogens with one attached hydrogen (secondary N) is 1. The fourth-order valence-corrected chi connectivity index (χ4v) is 1.63. The van der Waals surface area contributed by atoms with Gasteiger partial charge in [-0.05, 0) is 25.0 Å². The molecule has 0 spiro atoms. The highest BCUT2D eigenvalue weighted by Gasteiger charge is 2.06. The van der Waals surface area contributed by atoms with Crippen LogP contribution >= 0.6 is 35.6 Å². The van der Waals surface area contributed by atoms with Crippen molar-refractivity contribution < 1.29 is 4.39 Å². The average molecular weight is 386 g/mol. The van der Waals surface area contributed by atoms with Crippen molar-refractivity contribution in [3.8, 4) is 0 Å². The van der Waals surface area contributed by atoms with Crippen molar-refractivity contribution in [2.75, 3.05) is 13.1 Å². The van der Waals surface area contributed by atoms with Gasteiger partial charge in [-0.1, -0.05) is 24.6 Å². The molecule has 1 rings (SSSR count). The Morgan fingerprint density at radius 2 is 2.22 bits per heavy atom. The van der Waals surface area contributed by atoms with Crippen LogP contribution in [0.1, 0.15) is 18.9 Å². The summed E-state index contributed by atoms with van der Waals surface area (Å²) in [5, 5.41) is 3.36. The van der Waals surface area contributed by atoms with Gasteiger partial charge >= 0.3 is 0 Å². The molecule has 0 heterocycles. The van der Waals surface area contributed by atoms with Gasteiger partial charge < -0.3 is 11.1 Å². The van der Waals surface area contributed by atoms with E-state index in [9.17, 15) is 4.39 Å². The van der Waals surface area contributed by atoms with Crippen molar-refractivity contribution in [3.05, 3.63) is 34.6 Å². The molecule has 0 saturated heterocycles. The number of guanidine groups is 1. The topological polar surface area (TPSA) is 50.4 Å². The lowest BCUT2D eigenvalue weighted by atomic mass is 10.1. The van der Waals surface area contributed by atoms with E-state index in [2.05, 4.69) is 10.3 Å². The van der Waals surface area contributed by atoms with E-state index in [-0.39, 0.29) is 29.8 Å². The molecular weight excluding hydrogens is 368 g/mol. The summed E-state index contributed by atoms with van der Waals surface area (Å²) in [7, 11) is 0. The summed E-state index contributed by atoms with van der Waals surface area (Å²) in [6, 6.07) is 4.66. The molecule has 0 aliphatic carbocycles. The summed E-state index contributed by atoms with van der Waals surface area (Å²) in [6.45, 7) is 3.23. The summed E-state index contributed by atoms with van der Waals surface area (Å²) in [4.78, 5) is 4.08. The van der Waals surface area contributed by atoms with Crippen molar-refractivity contribution >= 4 is 41.5 Å². The predicted molar refractivity (Wildman–Crippen MR) is 85.3 cm³/mol. The van der Waals surface area contributed by atoms with Crippen molar-refractivity contribution in [2.45, 2.75) is 19.8 Å². The Morgan fingerprint density at radius 3 is 2.83 bits per heavy atom. The van der Waals surface area contributed by atoms with E-state index < -0.39 is 0 Å². The van der Waals surface area contributed by atoms with Crippen LogP contribution in [-0.2, 0) is 6.42 Å². The lowest BCUT2D eigenvalue weighted by Gasteiger charge is -2.07. The van der Waals surface area contributed by atoms with Gasteiger partial charge in [-0.3, -0.25) is 4.99 Å². The Labute approximate surface area is 129 Å². The first-order valence-corrected chi connectivity index (χ1v) is 5.99. The van der Waals surface area contributed by atoms with Gasteiger partial charge in [-0.25, -0.2) is 4.39 Å². The van der Waals surface area contributed by atoms with Crippen LogP contribution in [0.3, 0.4) is 0 Å². The molecule has 3 N–H and O–H groups in total. The van der Waals surface area contributed by atoms with Gasteiger partial charge in [0.2, 0.25) is 0 Å². The molecule has 18 heavy (non-hydrogen) atoms. The van der Waals surface area contributed by atoms with Crippen molar-refractivity contribution in [1.82, 2.24) is 5.32 Å². The van der Waals surface area contributed by atoms with E-state index in [0.29, 0.717) is 36.1 Å². The molecule has 0 bridgehead atoms. The maximum atomic E-state index is 13.4. The molecule has 3 nitrogen and oxygen atoms in total. The van der Waals surface area contributed by atoms with E-state index in [1.54, 1.807) is 12.1 Å². The molecule has 0 aromatic heterocycles. The molecule has 0 fully saturated rings. The number of halogens is 3. The van der Waals surface area contributed by atoms with Crippen LogP contribution < -0.4 is 11.1 Å². The highest BCUT2D eigenvalue weighted by atomic mass is 127. The Hall–Kier alpha value is -0.560. The minimum Gasteiger partial charge on any atom is -0.370 e. The molecule has 1 aromatic rings. The maximum Gasteiger partial charge on any atom is 0.188 e. The molecule has 0 atom stereocenters. The summed E-state index contributed by atoms with van der Waals surface area (Å²) < 4.78 is 13.4. The molecule has 0 aliphatic rings. The van der Waals surface area contributed by atoms with E-state index in [1.807, 2.05) is 6.92 Å². The molecular formula is C12H18ClFIN3. The zero-order valence-electron chi connectivity index (χ0n) is 10.2. The van der Waals surface area contributed by atoms with Crippen LogP contribution in [0.4, 0.5) is 4.39 Å². The summed E-state index contributed by atoms with van der Waals surface area (Å²) in [5.41, 5.74) is 6.12. The average Bonchev–Trinajstić information content (AvgIpc) is 2.30. The smallest absolute Gasteiger partial charge is 0.188 e. The minimum absolute atomic E-state index is 0. The van der Waals surface area contributed by atoms with Crippen LogP contribution in [0.25, 0.3) is 0 Å². The van der Waals surface area contributed by atoms with E-state index in [4.69, 9.17) is 17.3 Å². The second-order valence-corrected chi connectivity index (χ2v) is 4.05. The quantitative estimate of drug-likeness (QED) is 0.465. The predicted octanol–water partition coefficient (Wildman–Crippen LogP) is 2.95. The van der Waals surface area contributed by atoms with E-state index in [0.717, 1.165) is 6.42 Å². The maximum absolute atomic E-state index is 13.4. The zero-order valence-corrected chi connectivity index (χ0v) is 13.3. The molecule has 6 heteroatoms. The summed E-state index contributed by atoms with van der Waals surface area (Å²) in [6.07, 6.45) is 1.43. The standard InChI is InChI=1S/C12H17ClFN3.HI/c1-2-7-16-12(15)17-8-6-9-10(13)4-3-5-11(9)14;/h3-5H,2,6-8H2,1H3,(H3,15,16,17);1H. The SMILES string of the molecule is CCCN=C(N)NCCc1c(F)cccc1Cl.I. The first kappa shape index (κ1) is 17.4. The number of nitrogens with zero attached hydrogens (tertiary/aromatic N) is 1. The molecule has 0 saturated carbocycles. The first-order chi connectivity index (χ1) is 8.15. The van der Waals surface area contributed by atoms with E-state index >= 15 is 0 Å². The van der Waals surface area contributed by atoms with Crippen LogP contribution in [0.5, 0.6) is 0 Å². The summed E-state index contributed by atoms with van der Waals surface area (Å²) >= 11 is 5.90. The highest BCUT2D eigenvalue weighted by molar-refractivity contribution is 14.0. The Morgan fingerprint density at radius 1 is 1.50 bits per heavy atom. The molecule has 0 radical (unpaired) electrons. The fraction of sp³-hybridized carbons (Fsp3) is 0.417. The number of nitrogens with two attached hydrogens (primary N) is 1. The number of aliphatic imine (C=N–C) groups is 1. The van der Waals surface area contributed by atoms with Gasteiger partial charge in [0.25, 0.3) is 0 Å². The van der Waals surface area contributed by atoms with Gasteiger partial charge in [0.1, 0.15) is 5.82 Å². The highest BCUT2D eigenvalue weighted by Crippen LogP contribution is 2.18. The Kier molecular flexibility index (Phi) is 9.09. The molecule has 0 aliphatic heterocycles. The first-order valence-electron chi connectivity index (χ1n) is 5.61. The van der Waals surface area contributed by atoms with Crippen molar-refractivity contribution in [3.63, 3.8) is 0 Å². The molecule has 1 aromatic carbocycles. The second-order valence-electron chi connectivity index (χ2n) is 3.64. The molecule has 0 amide bonds. The minimum atomic E-state index is -0.289. The number of hydrogen-bond donors (Lipinski definition) is 2. The largest absolute Gasteiger partial charge is 0.370 e. The fourth-order valence-electron chi connectivity index (χ4n) is 1.37.